The van der Waals surface area contributed by atoms with Crippen LogP contribution in [0.25, 0.3) is 0 Å². The summed E-state index contributed by atoms with van der Waals surface area (Å²) in [4.78, 5) is 0. The summed E-state index contributed by atoms with van der Waals surface area (Å²) in [6.45, 7) is 2.56. The van der Waals surface area contributed by atoms with Crippen LogP contribution in [0.5, 0.6) is 5.75 Å². The monoisotopic (exact) mass is 320 g/mol. The van der Waals surface area contributed by atoms with Gasteiger partial charge in [0, 0.05) is 16.0 Å². The molecule has 0 unspecified atom stereocenters. The van der Waals surface area contributed by atoms with Crippen LogP contribution < -0.4 is 4.74 Å². The number of benzene rings is 2. The molecule has 0 radical (unpaired) electrons. The Morgan fingerprint density at radius 2 is 1.84 bits per heavy atom. The highest BCUT2D eigenvalue weighted by atomic mass is 79.9. The maximum absolute atomic E-state index is 9.49. The van der Waals surface area contributed by atoms with Crippen LogP contribution in [0.15, 0.2) is 53.0 Å². The molecule has 0 saturated carbocycles. The lowest BCUT2D eigenvalue weighted by Gasteiger charge is -2.17. The molecular formula is C16H17BrO2. The van der Waals surface area contributed by atoms with Crippen molar-refractivity contribution in [3.63, 3.8) is 0 Å². The first-order valence-electron chi connectivity index (χ1n) is 6.26. The van der Waals surface area contributed by atoms with Crippen molar-refractivity contribution >= 4 is 15.9 Å². The molecule has 1 atom stereocenters. The van der Waals surface area contributed by atoms with Crippen molar-refractivity contribution in [2.75, 3.05) is 13.2 Å². The molecular weight excluding hydrogens is 304 g/mol. The highest BCUT2D eigenvalue weighted by Crippen LogP contribution is 2.26. The van der Waals surface area contributed by atoms with Gasteiger partial charge in [-0.1, -0.05) is 52.3 Å². The van der Waals surface area contributed by atoms with Crippen molar-refractivity contribution < 1.29 is 9.84 Å². The van der Waals surface area contributed by atoms with Crippen LogP contribution in [-0.4, -0.2) is 18.3 Å². The number of rotatable bonds is 5. The zero-order valence-electron chi connectivity index (χ0n) is 10.8. The van der Waals surface area contributed by atoms with Gasteiger partial charge in [-0.2, -0.15) is 0 Å². The highest BCUT2D eigenvalue weighted by Gasteiger charge is 2.12. The summed E-state index contributed by atoms with van der Waals surface area (Å²) in [5.41, 5.74) is 2.17. The molecule has 0 fully saturated rings. The molecule has 3 heteroatoms. The van der Waals surface area contributed by atoms with Gasteiger partial charge in [0.05, 0.1) is 13.2 Å². The largest absolute Gasteiger partial charge is 0.493 e. The predicted octanol–water partition coefficient (Wildman–Crippen LogP) is 3.91. The van der Waals surface area contributed by atoms with Crippen molar-refractivity contribution in [3.05, 3.63) is 64.1 Å². The predicted molar refractivity (Wildman–Crippen MR) is 80.6 cm³/mol. The van der Waals surface area contributed by atoms with E-state index in [1.807, 2.05) is 55.5 Å². The van der Waals surface area contributed by atoms with E-state index in [1.54, 1.807) is 0 Å². The van der Waals surface area contributed by atoms with Gasteiger partial charge in [-0.25, -0.2) is 0 Å². The van der Waals surface area contributed by atoms with Crippen molar-refractivity contribution in [2.45, 2.75) is 12.8 Å². The Morgan fingerprint density at radius 1 is 1.11 bits per heavy atom. The van der Waals surface area contributed by atoms with Crippen LogP contribution in [0.1, 0.15) is 17.0 Å². The molecule has 0 spiro atoms. The quantitative estimate of drug-likeness (QED) is 0.905. The van der Waals surface area contributed by atoms with Crippen LogP contribution in [0.2, 0.25) is 0 Å². The SMILES string of the molecule is Cc1c(Br)cccc1OC[C@H](CO)c1ccccc1. The second-order valence-corrected chi connectivity index (χ2v) is 5.32. The third-order valence-electron chi connectivity index (χ3n) is 3.15. The molecule has 100 valence electrons. The Balaban J connectivity index is 2.06. The minimum absolute atomic E-state index is 0.000387. The van der Waals surface area contributed by atoms with E-state index in [0.717, 1.165) is 21.3 Å². The molecule has 0 aliphatic heterocycles. The first kappa shape index (κ1) is 14.1. The van der Waals surface area contributed by atoms with Gasteiger partial charge in [-0.05, 0) is 24.6 Å². The lowest BCUT2D eigenvalue weighted by atomic mass is 10.0. The Kier molecular flexibility index (Phi) is 5.00. The van der Waals surface area contributed by atoms with E-state index >= 15 is 0 Å². The van der Waals surface area contributed by atoms with Gasteiger partial charge >= 0.3 is 0 Å². The summed E-state index contributed by atoms with van der Waals surface area (Å²) < 4.78 is 6.87. The summed E-state index contributed by atoms with van der Waals surface area (Å²) in [5.74, 6) is 0.850. The first-order chi connectivity index (χ1) is 9.22. The number of halogens is 1. The van der Waals surface area contributed by atoms with Gasteiger partial charge in [0.2, 0.25) is 0 Å². The number of aliphatic hydroxyl groups excluding tert-OH is 1. The van der Waals surface area contributed by atoms with Crippen molar-refractivity contribution in [3.8, 4) is 5.75 Å². The zero-order valence-corrected chi connectivity index (χ0v) is 12.4. The highest BCUT2D eigenvalue weighted by molar-refractivity contribution is 9.10. The Hall–Kier alpha value is -1.32. The van der Waals surface area contributed by atoms with Crippen LogP contribution in [0.4, 0.5) is 0 Å². The molecule has 0 heterocycles. The van der Waals surface area contributed by atoms with Crippen molar-refractivity contribution in [1.82, 2.24) is 0 Å². The maximum atomic E-state index is 9.49. The second kappa shape index (κ2) is 6.73. The number of aliphatic hydroxyl groups is 1. The van der Waals surface area contributed by atoms with Crippen LogP contribution in [0, 0.1) is 6.92 Å². The van der Waals surface area contributed by atoms with Gasteiger partial charge in [0.1, 0.15) is 5.75 Å². The van der Waals surface area contributed by atoms with E-state index in [0.29, 0.717) is 6.61 Å². The fourth-order valence-electron chi connectivity index (χ4n) is 1.91. The Labute approximate surface area is 122 Å². The Bertz CT molecular complexity index is 526. The maximum Gasteiger partial charge on any atom is 0.123 e. The minimum Gasteiger partial charge on any atom is -0.493 e. The lowest BCUT2D eigenvalue weighted by molar-refractivity contribution is 0.204. The van der Waals surface area contributed by atoms with E-state index in [2.05, 4.69) is 15.9 Å². The summed E-state index contributed by atoms with van der Waals surface area (Å²) in [7, 11) is 0. The fraction of sp³-hybridized carbons (Fsp3) is 0.250. The third kappa shape index (κ3) is 3.58. The molecule has 1 N–H and O–H groups in total. The number of ether oxygens (including phenoxy) is 1. The smallest absolute Gasteiger partial charge is 0.123 e. The molecule has 0 aliphatic rings. The Morgan fingerprint density at radius 3 is 2.53 bits per heavy atom. The van der Waals surface area contributed by atoms with E-state index in [1.165, 1.54) is 0 Å². The normalized spacial score (nSPS) is 12.2. The van der Waals surface area contributed by atoms with Crippen molar-refractivity contribution in [1.29, 1.82) is 0 Å². The van der Waals surface area contributed by atoms with Crippen LogP contribution in [-0.2, 0) is 0 Å². The van der Waals surface area contributed by atoms with Gasteiger partial charge in [0.25, 0.3) is 0 Å². The molecule has 0 saturated heterocycles. The van der Waals surface area contributed by atoms with Gasteiger partial charge in [0.15, 0.2) is 0 Å². The summed E-state index contributed by atoms with van der Waals surface area (Å²) in [5, 5.41) is 9.49. The lowest BCUT2D eigenvalue weighted by Crippen LogP contribution is -2.14. The van der Waals surface area contributed by atoms with Gasteiger partial charge in [-0.15, -0.1) is 0 Å². The molecule has 0 aromatic heterocycles. The van der Waals surface area contributed by atoms with Crippen LogP contribution >= 0.6 is 15.9 Å². The average Bonchev–Trinajstić information content (AvgIpc) is 2.45. The van der Waals surface area contributed by atoms with Crippen LogP contribution in [0.3, 0.4) is 0 Å². The van der Waals surface area contributed by atoms with E-state index in [-0.39, 0.29) is 12.5 Å². The van der Waals surface area contributed by atoms with E-state index in [9.17, 15) is 5.11 Å². The van der Waals surface area contributed by atoms with E-state index in [4.69, 9.17) is 4.74 Å². The zero-order chi connectivity index (χ0) is 13.7. The topological polar surface area (TPSA) is 29.5 Å². The molecule has 0 aliphatic carbocycles. The second-order valence-electron chi connectivity index (χ2n) is 4.46. The number of hydrogen-bond acceptors (Lipinski definition) is 2. The third-order valence-corrected chi connectivity index (χ3v) is 4.01. The van der Waals surface area contributed by atoms with Gasteiger partial charge < -0.3 is 9.84 Å². The molecule has 2 rings (SSSR count). The van der Waals surface area contributed by atoms with E-state index < -0.39 is 0 Å². The first-order valence-corrected chi connectivity index (χ1v) is 7.05. The van der Waals surface area contributed by atoms with Crippen molar-refractivity contribution in [2.24, 2.45) is 0 Å². The number of hydrogen-bond donors (Lipinski definition) is 1. The molecule has 0 amide bonds. The standard InChI is InChI=1S/C16H17BrO2/c1-12-15(17)8-5-9-16(12)19-11-14(10-18)13-6-3-2-4-7-13/h2-9,14,18H,10-11H2,1H3/t14-/m0/s1. The molecule has 0 bridgehead atoms. The molecule has 2 aromatic carbocycles. The fourth-order valence-corrected chi connectivity index (χ4v) is 2.26. The summed E-state index contributed by atoms with van der Waals surface area (Å²) in [6, 6.07) is 15.8. The molecule has 19 heavy (non-hydrogen) atoms. The molecule has 2 aromatic rings. The summed E-state index contributed by atoms with van der Waals surface area (Å²) >= 11 is 3.49. The van der Waals surface area contributed by atoms with Gasteiger partial charge in [-0.3, -0.25) is 0 Å². The minimum atomic E-state index is -0.000387. The average molecular weight is 321 g/mol. The summed E-state index contributed by atoms with van der Waals surface area (Å²) in [6.07, 6.45) is 0. The molecule has 2 nitrogen and oxygen atoms in total.